The molecular weight excluding hydrogens is 294 g/mol. The number of aliphatic hydroxyl groups excluding tert-OH is 1. The zero-order valence-corrected chi connectivity index (χ0v) is 13.7. The first-order valence-electron chi connectivity index (χ1n) is 8.26. The zero-order chi connectivity index (χ0) is 16.5. The minimum absolute atomic E-state index is 0.164. The quantitative estimate of drug-likeness (QED) is 0.641. The number of aliphatic hydroxyl groups is 1. The molecule has 6 heteroatoms. The molecule has 1 heterocycles. The van der Waals surface area contributed by atoms with Gasteiger partial charge in [0.05, 0.1) is 13.2 Å². The first-order chi connectivity index (χ1) is 11.2. The van der Waals surface area contributed by atoms with Crippen molar-refractivity contribution in [3.63, 3.8) is 0 Å². The lowest BCUT2D eigenvalue weighted by Gasteiger charge is -2.18. The summed E-state index contributed by atoms with van der Waals surface area (Å²) in [4.78, 5) is 11.8. The molecule has 128 valence electrons. The van der Waals surface area contributed by atoms with Crippen LogP contribution >= 0.6 is 0 Å². The molecular formula is C17H27N3O3. The van der Waals surface area contributed by atoms with Gasteiger partial charge in [-0.3, -0.25) is 0 Å². The summed E-state index contributed by atoms with van der Waals surface area (Å²) in [5.41, 5.74) is 0.718. The summed E-state index contributed by atoms with van der Waals surface area (Å²) < 4.78 is 5.13. The van der Waals surface area contributed by atoms with E-state index in [9.17, 15) is 9.90 Å². The van der Waals surface area contributed by atoms with E-state index < -0.39 is 6.10 Å². The van der Waals surface area contributed by atoms with Crippen molar-refractivity contribution in [3.05, 3.63) is 29.8 Å². The Balaban J connectivity index is 1.70. The predicted molar refractivity (Wildman–Crippen MR) is 89.6 cm³/mol. The average molecular weight is 321 g/mol. The molecule has 1 saturated heterocycles. The van der Waals surface area contributed by atoms with Crippen molar-refractivity contribution < 1.29 is 14.6 Å². The van der Waals surface area contributed by atoms with Gasteiger partial charge in [0.2, 0.25) is 0 Å². The number of carbonyl (C=O) groups is 1. The van der Waals surface area contributed by atoms with Gasteiger partial charge < -0.3 is 25.8 Å². The Bertz CT molecular complexity index is 488. The van der Waals surface area contributed by atoms with Crippen LogP contribution in [0, 0.1) is 0 Å². The van der Waals surface area contributed by atoms with Crippen molar-refractivity contribution in [2.45, 2.75) is 37.8 Å². The zero-order valence-electron chi connectivity index (χ0n) is 13.7. The van der Waals surface area contributed by atoms with Crippen molar-refractivity contribution >= 4 is 6.03 Å². The highest BCUT2D eigenvalue weighted by molar-refractivity contribution is 5.73. The summed E-state index contributed by atoms with van der Waals surface area (Å²) in [6.07, 6.45) is 3.99. The van der Waals surface area contributed by atoms with Crippen LogP contribution in [0.15, 0.2) is 24.3 Å². The molecule has 0 aliphatic carbocycles. The van der Waals surface area contributed by atoms with E-state index >= 15 is 0 Å². The van der Waals surface area contributed by atoms with E-state index in [1.807, 2.05) is 18.2 Å². The minimum atomic E-state index is -0.758. The summed E-state index contributed by atoms with van der Waals surface area (Å²) in [5, 5.41) is 19.1. The number of benzene rings is 1. The molecule has 1 aromatic carbocycles. The molecule has 0 radical (unpaired) electrons. The van der Waals surface area contributed by atoms with Crippen molar-refractivity contribution in [1.29, 1.82) is 0 Å². The summed E-state index contributed by atoms with van der Waals surface area (Å²) >= 11 is 0. The number of carbonyl (C=O) groups excluding carboxylic acids is 1. The second-order valence-corrected chi connectivity index (χ2v) is 5.88. The van der Waals surface area contributed by atoms with Crippen LogP contribution in [0.25, 0.3) is 0 Å². The van der Waals surface area contributed by atoms with Gasteiger partial charge in [0, 0.05) is 19.1 Å². The van der Waals surface area contributed by atoms with Crippen LogP contribution in [-0.4, -0.2) is 43.9 Å². The number of hydrogen-bond donors (Lipinski definition) is 4. The summed E-state index contributed by atoms with van der Waals surface area (Å²) in [6, 6.07) is 7.29. The van der Waals surface area contributed by atoms with E-state index in [0.29, 0.717) is 18.3 Å². The van der Waals surface area contributed by atoms with Crippen LogP contribution in [0.3, 0.4) is 0 Å². The van der Waals surface area contributed by atoms with E-state index in [1.54, 1.807) is 13.2 Å². The van der Waals surface area contributed by atoms with E-state index in [0.717, 1.165) is 18.5 Å². The highest BCUT2D eigenvalue weighted by Gasteiger charge is 2.13. The molecule has 0 spiro atoms. The standard InChI is InChI=1S/C17H27N3O3/c1-23-15-8-5-6-13(10-15)16(21)12-20-17(22)19-11-14-7-3-2-4-9-18-14/h5-6,8,10,14,16,18,21H,2-4,7,9,11-12H2,1H3,(H2,19,20,22). The molecule has 0 bridgehead atoms. The third kappa shape index (κ3) is 6.08. The first kappa shape index (κ1) is 17.6. The smallest absolute Gasteiger partial charge is 0.314 e. The highest BCUT2D eigenvalue weighted by atomic mass is 16.5. The van der Waals surface area contributed by atoms with E-state index in [4.69, 9.17) is 4.74 Å². The number of urea groups is 1. The average Bonchev–Trinajstić information content (AvgIpc) is 2.86. The topological polar surface area (TPSA) is 82.6 Å². The number of amides is 2. The van der Waals surface area contributed by atoms with Crippen molar-refractivity contribution in [3.8, 4) is 5.75 Å². The van der Waals surface area contributed by atoms with Crippen LogP contribution in [-0.2, 0) is 0 Å². The Morgan fingerprint density at radius 2 is 2.26 bits per heavy atom. The molecule has 1 fully saturated rings. The maximum atomic E-state index is 11.8. The van der Waals surface area contributed by atoms with Gasteiger partial charge in [-0.25, -0.2) is 4.79 Å². The summed E-state index contributed by atoms with van der Waals surface area (Å²) in [7, 11) is 1.58. The van der Waals surface area contributed by atoms with Crippen LogP contribution in [0.4, 0.5) is 4.79 Å². The summed E-state index contributed by atoms with van der Waals surface area (Å²) in [6.45, 7) is 1.79. The number of nitrogens with one attached hydrogen (secondary N) is 3. The lowest BCUT2D eigenvalue weighted by molar-refractivity contribution is 0.172. The molecule has 1 aliphatic rings. The van der Waals surface area contributed by atoms with Crippen LogP contribution in [0.2, 0.25) is 0 Å². The van der Waals surface area contributed by atoms with Crippen molar-refractivity contribution in [1.82, 2.24) is 16.0 Å². The SMILES string of the molecule is COc1cccc(C(O)CNC(=O)NCC2CCCCCN2)c1. The fourth-order valence-corrected chi connectivity index (χ4v) is 2.71. The molecule has 0 saturated carbocycles. The molecule has 0 aromatic heterocycles. The van der Waals surface area contributed by atoms with E-state index in [1.165, 1.54) is 19.3 Å². The van der Waals surface area contributed by atoms with Crippen molar-refractivity contribution in [2.24, 2.45) is 0 Å². The molecule has 2 unspecified atom stereocenters. The Morgan fingerprint density at radius 3 is 3.09 bits per heavy atom. The normalized spacial score (nSPS) is 19.5. The number of methoxy groups -OCH3 is 1. The monoisotopic (exact) mass is 321 g/mol. The lowest BCUT2D eigenvalue weighted by atomic mass is 10.1. The third-order valence-electron chi connectivity index (χ3n) is 4.11. The van der Waals surface area contributed by atoms with Gasteiger partial charge in [0.15, 0.2) is 0 Å². The number of hydrogen-bond acceptors (Lipinski definition) is 4. The van der Waals surface area contributed by atoms with Gasteiger partial charge in [-0.1, -0.05) is 25.0 Å². The van der Waals surface area contributed by atoms with Gasteiger partial charge in [-0.15, -0.1) is 0 Å². The first-order valence-corrected chi connectivity index (χ1v) is 8.26. The molecule has 2 rings (SSSR count). The maximum absolute atomic E-state index is 11.8. The van der Waals surface area contributed by atoms with E-state index in [-0.39, 0.29) is 12.6 Å². The molecule has 6 nitrogen and oxygen atoms in total. The lowest BCUT2D eigenvalue weighted by Crippen LogP contribution is -2.45. The highest BCUT2D eigenvalue weighted by Crippen LogP contribution is 2.18. The largest absolute Gasteiger partial charge is 0.497 e. The van der Waals surface area contributed by atoms with Gasteiger partial charge in [-0.2, -0.15) is 0 Å². The second-order valence-electron chi connectivity index (χ2n) is 5.88. The summed E-state index contributed by atoms with van der Waals surface area (Å²) in [5.74, 6) is 0.686. The minimum Gasteiger partial charge on any atom is -0.497 e. The molecule has 4 N–H and O–H groups in total. The fourth-order valence-electron chi connectivity index (χ4n) is 2.71. The van der Waals surface area contributed by atoms with Crippen molar-refractivity contribution in [2.75, 3.05) is 26.7 Å². The molecule has 2 atom stereocenters. The maximum Gasteiger partial charge on any atom is 0.314 e. The number of ether oxygens (including phenoxy) is 1. The van der Waals surface area contributed by atoms with E-state index in [2.05, 4.69) is 16.0 Å². The molecule has 1 aliphatic heterocycles. The van der Waals surface area contributed by atoms with Gasteiger partial charge in [0.25, 0.3) is 0 Å². The third-order valence-corrected chi connectivity index (χ3v) is 4.11. The van der Waals surface area contributed by atoms with Gasteiger partial charge >= 0.3 is 6.03 Å². The van der Waals surface area contributed by atoms with Crippen LogP contribution in [0.1, 0.15) is 37.4 Å². The Labute approximate surface area is 137 Å². The van der Waals surface area contributed by atoms with Gasteiger partial charge in [0.1, 0.15) is 5.75 Å². The Hall–Kier alpha value is -1.79. The predicted octanol–water partition coefficient (Wildman–Crippen LogP) is 1.56. The second kappa shape index (κ2) is 9.37. The fraction of sp³-hybridized carbons (Fsp3) is 0.588. The molecule has 23 heavy (non-hydrogen) atoms. The van der Waals surface area contributed by atoms with Gasteiger partial charge in [-0.05, 0) is 37.1 Å². The number of rotatable bonds is 6. The van der Waals surface area contributed by atoms with Crippen LogP contribution < -0.4 is 20.7 Å². The Morgan fingerprint density at radius 1 is 1.39 bits per heavy atom. The van der Waals surface area contributed by atoms with Crippen LogP contribution in [0.5, 0.6) is 5.75 Å². The molecule has 2 amide bonds. The molecule has 1 aromatic rings. The Kier molecular flexibility index (Phi) is 7.16.